The summed E-state index contributed by atoms with van der Waals surface area (Å²) in [6.45, 7) is 2.22. The number of nitro benzene ring substituents is 1. The zero-order valence-corrected chi connectivity index (χ0v) is 13.3. The van der Waals surface area contributed by atoms with E-state index in [-0.39, 0.29) is 36.8 Å². The van der Waals surface area contributed by atoms with Crippen LogP contribution in [0.4, 0.5) is 24.5 Å². The Hall–Kier alpha value is -2.40. The van der Waals surface area contributed by atoms with Gasteiger partial charge in [-0.15, -0.1) is 0 Å². The predicted octanol–water partition coefficient (Wildman–Crippen LogP) is 1.40. The number of anilines is 1. The Labute approximate surface area is 141 Å². The summed E-state index contributed by atoms with van der Waals surface area (Å²) in [5.74, 6) is -0.222. The van der Waals surface area contributed by atoms with Crippen LogP contribution in [-0.4, -0.2) is 36.0 Å². The third-order valence-electron chi connectivity index (χ3n) is 3.67. The quantitative estimate of drug-likeness (QED) is 0.347. The van der Waals surface area contributed by atoms with Crippen LogP contribution in [-0.2, 0) is 11.0 Å². The fourth-order valence-electron chi connectivity index (χ4n) is 2.40. The number of hydrogen-bond acceptors (Lipinski definition) is 6. The van der Waals surface area contributed by atoms with Crippen LogP contribution in [0.5, 0.6) is 0 Å². The van der Waals surface area contributed by atoms with Gasteiger partial charge in [0.1, 0.15) is 11.7 Å². The van der Waals surface area contributed by atoms with Crippen molar-refractivity contribution in [1.29, 1.82) is 0 Å². The second kappa shape index (κ2) is 7.66. The third kappa shape index (κ3) is 5.03. The van der Waals surface area contributed by atoms with E-state index in [0.717, 1.165) is 12.1 Å². The molecule has 2 unspecified atom stereocenters. The first kappa shape index (κ1) is 18.9. The molecule has 1 aliphatic heterocycles. The number of rotatable bonds is 6. The number of amides is 1. The number of nitrogens with one attached hydrogen (secondary N) is 4. The van der Waals surface area contributed by atoms with Gasteiger partial charge in [0.15, 0.2) is 0 Å². The van der Waals surface area contributed by atoms with Crippen molar-refractivity contribution in [3.63, 3.8) is 0 Å². The second-order valence-corrected chi connectivity index (χ2v) is 5.68. The molecule has 0 bridgehead atoms. The number of hydrazine groups is 1. The molecule has 1 aromatic rings. The number of carbonyl (C=O) groups is 1. The maximum atomic E-state index is 12.6. The highest BCUT2D eigenvalue weighted by Crippen LogP contribution is 2.34. The standard InChI is InChI=1S/C14H18F3N5O3/c1-8-6-11(21-20-8)13(23)19-5-4-18-10-3-2-9(14(15,16)17)7-12(10)22(24)25/h2-3,7-8,11,18,20-21H,4-6H2,1H3,(H,19,23). The maximum absolute atomic E-state index is 12.6. The van der Waals surface area contributed by atoms with Gasteiger partial charge in [0.2, 0.25) is 5.91 Å². The molecule has 0 saturated carbocycles. The Balaban J connectivity index is 1.90. The molecule has 0 spiro atoms. The summed E-state index contributed by atoms with van der Waals surface area (Å²) < 4.78 is 37.9. The van der Waals surface area contributed by atoms with Gasteiger partial charge in [0.25, 0.3) is 5.69 Å². The lowest BCUT2D eigenvalue weighted by atomic mass is 10.1. The molecule has 1 fully saturated rings. The highest BCUT2D eigenvalue weighted by molar-refractivity contribution is 5.82. The average Bonchev–Trinajstić information content (AvgIpc) is 2.97. The molecule has 25 heavy (non-hydrogen) atoms. The van der Waals surface area contributed by atoms with E-state index >= 15 is 0 Å². The number of carbonyl (C=O) groups excluding carboxylic acids is 1. The molecule has 0 aliphatic carbocycles. The van der Waals surface area contributed by atoms with E-state index in [0.29, 0.717) is 12.5 Å². The Bertz CT molecular complexity index is 653. The van der Waals surface area contributed by atoms with Crippen LogP contribution in [0, 0.1) is 10.1 Å². The van der Waals surface area contributed by atoms with Crippen molar-refractivity contribution in [1.82, 2.24) is 16.2 Å². The van der Waals surface area contributed by atoms with Crippen molar-refractivity contribution < 1.29 is 22.9 Å². The SMILES string of the molecule is CC1CC(C(=O)NCCNc2ccc(C(F)(F)F)cc2[N+](=O)[O-])NN1. The molecular weight excluding hydrogens is 343 g/mol. The Morgan fingerprint density at radius 3 is 2.64 bits per heavy atom. The van der Waals surface area contributed by atoms with Crippen LogP contribution in [0.3, 0.4) is 0 Å². The van der Waals surface area contributed by atoms with E-state index in [9.17, 15) is 28.1 Å². The molecule has 2 atom stereocenters. The van der Waals surface area contributed by atoms with Crippen LogP contribution in [0.1, 0.15) is 18.9 Å². The minimum atomic E-state index is -4.66. The van der Waals surface area contributed by atoms with Crippen molar-refractivity contribution in [2.45, 2.75) is 31.6 Å². The smallest absolute Gasteiger partial charge is 0.378 e. The molecule has 1 heterocycles. The topological polar surface area (TPSA) is 108 Å². The van der Waals surface area contributed by atoms with Gasteiger partial charge in [-0.3, -0.25) is 20.3 Å². The summed E-state index contributed by atoms with van der Waals surface area (Å²) in [5.41, 5.74) is 3.94. The average molecular weight is 361 g/mol. The first-order valence-corrected chi connectivity index (χ1v) is 7.56. The second-order valence-electron chi connectivity index (χ2n) is 5.68. The lowest BCUT2D eigenvalue weighted by molar-refractivity contribution is -0.384. The molecule has 1 amide bonds. The molecule has 1 aliphatic rings. The molecule has 0 aromatic heterocycles. The van der Waals surface area contributed by atoms with Gasteiger partial charge in [0.05, 0.1) is 10.5 Å². The van der Waals surface area contributed by atoms with E-state index in [4.69, 9.17) is 0 Å². The van der Waals surface area contributed by atoms with Crippen LogP contribution in [0.2, 0.25) is 0 Å². The van der Waals surface area contributed by atoms with Gasteiger partial charge >= 0.3 is 6.18 Å². The first-order chi connectivity index (χ1) is 11.7. The molecule has 2 rings (SSSR count). The summed E-state index contributed by atoms with van der Waals surface area (Å²) in [6, 6.07) is 2.06. The molecule has 11 heteroatoms. The monoisotopic (exact) mass is 361 g/mol. The van der Waals surface area contributed by atoms with Crippen LogP contribution in [0.15, 0.2) is 18.2 Å². The summed E-state index contributed by atoms with van der Waals surface area (Å²) in [7, 11) is 0. The Kier molecular flexibility index (Phi) is 5.80. The molecule has 8 nitrogen and oxygen atoms in total. The van der Waals surface area contributed by atoms with Crippen molar-refractivity contribution in [3.8, 4) is 0 Å². The minimum absolute atomic E-state index is 0.0403. The Morgan fingerprint density at radius 1 is 1.36 bits per heavy atom. The summed E-state index contributed by atoms with van der Waals surface area (Å²) in [5, 5.41) is 16.3. The van der Waals surface area contributed by atoms with Gasteiger partial charge < -0.3 is 10.6 Å². The number of hydrogen-bond donors (Lipinski definition) is 4. The minimum Gasteiger partial charge on any atom is -0.378 e. The largest absolute Gasteiger partial charge is 0.416 e. The lowest BCUT2D eigenvalue weighted by Crippen LogP contribution is -2.44. The zero-order valence-electron chi connectivity index (χ0n) is 13.3. The predicted molar refractivity (Wildman–Crippen MR) is 83.7 cm³/mol. The van der Waals surface area contributed by atoms with Crippen molar-refractivity contribution in [3.05, 3.63) is 33.9 Å². The molecule has 138 valence electrons. The van der Waals surface area contributed by atoms with E-state index in [2.05, 4.69) is 21.5 Å². The van der Waals surface area contributed by atoms with Gasteiger partial charge in [-0.25, -0.2) is 5.43 Å². The fraction of sp³-hybridized carbons (Fsp3) is 0.500. The molecule has 0 radical (unpaired) electrons. The van der Waals surface area contributed by atoms with Gasteiger partial charge in [-0.1, -0.05) is 0 Å². The van der Waals surface area contributed by atoms with Crippen LogP contribution < -0.4 is 21.5 Å². The number of nitro groups is 1. The highest BCUT2D eigenvalue weighted by atomic mass is 19.4. The van der Waals surface area contributed by atoms with Gasteiger partial charge in [-0.05, 0) is 25.5 Å². The first-order valence-electron chi connectivity index (χ1n) is 7.56. The fourth-order valence-corrected chi connectivity index (χ4v) is 2.40. The van der Waals surface area contributed by atoms with Crippen LogP contribution in [0.25, 0.3) is 0 Å². The third-order valence-corrected chi connectivity index (χ3v) is 3.67. The van der Waals surface area contributed by atoms with Gasteiger partial charge in [0, 0.05) is 25.2 Å². The van der Waals surface area contributed by atoms with E-state index < -0.39 is 22.4 Å². The van der Waals surface area contributed by atoms with E-state index in [1.807, 2.05) is 6.92 Å². The Morgan fingerprint density at radius 2 is 2.08 bits per heavy atom. The van der Waals surface area contributed by atoms with Crippen molar-refractivity contribution in [2.75, 3.05) is 18.4 Å². The maximum Gasteiger partial charge on any atom is 0.416 e. The van der Waals surface area contributed by atoms with E-state index in [1.165, 1.54) is 0 Å². The molecule has 1 saturated heterocycles. The lowest BCUT2D eigenvalue weighted by Gasteiger charge is -2.12. The molecule has 4 N–H and O–H groups in total. The van der Waals surface area contributed by atoms with Crippen LogP contribution >= 0.6 is 0 Å². The number of benzene rings is 1. The highest BCUT2D eigenvalue weighted by Gasteiger charge is 2.33. The summed E-state index contributed by atoms with van der Waals surface area (Å²) >= 11 is 0. The summed E-state index contributed by atoms with van der Waals surface area (Å²) in [6.07, 6.45) is -4.03. The zero-order chi connectivity index (χ0) is 18.6. The van der Waals surface area contributed by atoms with E-state index in [1.54, 1.807) is 0 Å². The molecular formula is C14H18F3N5O3. The number of nitrogens with zero attached hydrogens (tertiary/aromatic N) is 1. The van der Waals surface area contributed by atoms with Crippen molar-refractivity contribution in [2.24, 2.45) is 0 Å². The molecule has 1 aromatic carbocycles. The number of halogens is 3. The number of alkyl halides is 3. The summed E-state index contributed by atoms with van der Waals surface area (Å²) in [4.78, 5) is 21.9. The normalized spacial score (nSPS) is 20.3. The van der Waals surface area contributed by atoms with Crippen molar-refractivity contribution >= 4 is 17.3 Å². The van der Waals surface area contributed by atoms with Gasteiger partial charge in [-0.2, -0.15) is 13.2 Å².